The smallest absolute Gasteiger partial charge is 0.230 e. The van der Waals surface area contributed by atoms with Crippen molar-refractivity contribution < 1.29 is 4.79 Å². The summed E-state index contributed by atoms with van der Waals surface area (Å²) in [4.78, 5) is 16.4. The Morgan fingerprint density at radius 2 is 1.89 bits per heavy atom. The summed E-state index contributed by atoms with van der Waals surface area (Å²) in [5.74, 6) is 0.953. The van der Waals surface area contributed by atoms with Crippen LogP contribution in [0.2, 0.25) is 0 Å². The number of H-pyrrole nitrogens is 1. The molecule has 1 heterocycles. The summed E-state index contributed by atoms with van der Waals surface area (Å²) in [6.07, 6.45) is 4.67. The van der Waals surface area contributed by atoms with Gasteiger partial charge < -0.3 is 5.32 Å². The summed E-state index contributed by atoms with van der Waals surface area (Å²) in [5.41, 5.74) is 3.60. The number of rotatable bonds is 8. The van der Waals surface area contributed by atoms with Crippen molar-refractivity contribution in [3.8, 4) is 0 Å². The van der Waals surface area contributed by atoms with Gasteiger partial charge in [-0.15, -0.1) is 5.10 Å². The number of carbonyl (C=O) groups is 1. The van der Waals surface area contributed by atoms with E-state index in [0.717, 1.165) is 12.0 Å². The Hall–Kier alpha value is -2.86. The summed E-state index contributed by atoms with van der Waals surface area (Å²) in [5, 5.41) is 10.5. The van der Waals surface area contributed by atoms with E-state index in [-0.39, 0.29) is 5.91 Å². The van der Waals surface area contributed by atoms with Crippen molar-refractivity contribution in [2.45, 2.75) is 18.5 Å². The van der Waals surface area contributed by atoms with Gasteiger partial charge in [-0.1, -0.05) is 72.4 Å². The van der Waals surface area contributed by atoms with Gasteiger partial charge in [0, 0.05) is 6.54 Å². The number of nitrogens with one attached hydrogen (secondary N) is 2. The lowest BCUT2D eigenvalue weighted by atomic mass is 10.1. The largest absolute Gasteiger partial charge is 0.355 e. The lowest BCUT2D eigenvalue weighted by Gasteiger charge is -2.06. The van der Waals surface area contributed by atoms with E-state index in [1.807, 2.05) is 54.6 Å². The maximum absolute atomic E-state index is 12.0. The van der Waals surface area contributed by atoms with Gasteiger partial charge in [0.15, 0.2) is 0 Å². The first kappa shape index (κ1) is 18.9. The Balaban J connectivity index is 1.41. The molecule has 1 amide bonds. The van der Waals surface area contributed by atoms with Gasteiger partial charge in [0.2, 0.25) is 11.1 Å². The molecule has 0 unspecified atom stereocenters. The highest BCUT2D eigenvalue weighted by atomic mass is 32.2. The van der Waals surface area contributed by atoms with Crippen LogP contribution < -0.4 is 5.32 Å². The number of hydrogen-bond donors (Lipinski definition) is 2. The minimum atomic E-state index is -0.0141. The van der Waals surface area contributed by atoms with Gasteiger partial charge in [-0.05, 0) is 36.1 Å². The molecule has 0 bridgehead atoms. The van der Waals surface area contributed by atoms with Crippen molar-refractivity contribution in [2.24, 2.45) is 0 Å². The number of thioether (sulfide) groups is 1. The van der Waals surface area contributed by atoms with Crippen molar-refractivity contribution in [2.75, 3.05) is 12.3 Å². The molecule has 0 aliphatic heterocycles. The molecule has 0 radical (unpaired) electrons. The normalized spacial score (nSPS) is 11.0. The highest BCUT2D eigenvalue weighted by Crippen LogP contribution is 2.13. The molecule has 0 atom stereocenters. The zero-order chi connectivity index (χ0) is 18.9. The Morgan fingerprint density at radius 3 is 2.70 bits per heavy atom. The number of aromatic nitrogens is 3. The second kappa shape index (κ2) is 9.73. The van der Waals surface area contributed by atoms with Crippen molar-refractivity contribution >= 4 is 29.8 Å². The molecule has 1 aromatic heterocycles. The van der Waals surface area contributed by atoms with Gasteiger partial charge in [0.1, 0.15) is 5.82 Å². The highest BCUT2D eigenvalue weighted by molar-refractivity contribution is 7.99. The SMILES string of the molecule is Cc1ccccc1CCNC(=O)CSc1n[nH]c(/C=C/c2ccccc2)n1. The van der Waals surface area contributed by atoms with Crippen LogP contribution in [0.4, 0.5) is 0 Å². The van der Waals surface area contributed by atoms with Gasteiger partial charge in [-0.3, -0.25) is 9.89 Å². The number of nitrogens with zero attached hydrogens (tertiary/aromatic N) is 2. The third kappa shape index (κ3) is 6.11. The monoisotopic (exact) mass is 378 g/mol. The van der Waals surface area contributed by atoms with Gasteiger partial charge in [0.05, 0.1) is 5.75 Å². The maximum Gasteiger partial charge on any atom is 0.230 e. The minimum Gasteiger partial charge on any atom is -0.355 e. The molecule has 3 rings (SSSR count). The van der Waals surface area contributed by atoms with Gasteiger partial charge >= 0.3 is 0 Å². The number of hydrogen-bond acceptors (Lipinski definition) is 4. The predicted octanol–water partition coefficient (Wildman–Crippen LogP) is 3.73. The molecule has 27 heavy (non-hydrogen) atoms. The molecule has 0 fully saturated rings. The quantitative estimate of drug-likeness (QED) is 0.586. The van der Waals surface area contributed by atoms with E-state index in [1.165, 1.54) is 22.9 Å². The van der Waals surface area contributed by atoms with E-state index in [0.29, 0.717) is 23.3 Å². The molecule has 0 saturated heterocycles. The summed E-state index contributed by atoms with van der Waals surface area (Å²) in [6.45, 7) is 2.71. The Kier molecular flexibility index (Phi) is 6.82. The molecule has 0 aliphatic rings. The Bertz CT molecular complexity index is 905. The zero-order valence-electron chi connectivity index (χ0n) is 15.2. The van der Waals surface area contributed by atoms with Crippen molar-refractivity contribution in [3.05, 3.63) is 77.1 Å². The van der Waals surface area contributed by atoms with Crippen LogP contribution in [-0.4, -0.2) is 33.4 Å². The molecule has 3 aromatic rings. The summed E-state index contributed by atoms with van der Waals surface area (Å²) >= 11 is 1.32. The van der Waals surface area contributed by atoms with E-state index in [9.17, 15) is 4.79 Å². The number of aromatic amines is 1. The molecule has 0 spiro atoms. The average Bonchev–Trinajstić information content (AvgIpc) is 3.15. The fraction of sp³-hybridized carbons (Fsp3) is 0.190. The molecule has 138 valence electrons. The highest BCUT2D eigenvalue weighted by Gasteiger charge is 2.07. The maximum atomic E-state index is 12.0. The third-order valence-corrected chi connectivity index (χ3v) is 4.87. The molecular weight excluding hydrogens is 356 g/mol. The fourth-order valence-corrected chi connectivity index (χ4v) is 3.18. The van der Waals surface area contributed by atoms with E-state index >= 15 is 0 Å². The molecule has 0 aliphatic carbocycles. The number of aryl methyl sites for hydroxylation is 1. The lowest BCUT2D eigenvalue weighted by molar-refractivity contribution is -0.118. The number of benzene rings is 2. The predicted molar refractivity (Wildman–Crippen MR) is 110 cm³/mol. The lowest BCUT2D eigenvalue weighted by Crippen LogP contribution is -2.27. The van der Waals surface area contributed by atoms with Crippen LogP contribution in [0, 0.1) is 6.92 Å². The molecule has 2 aromatic carbocycles. The van der Waals surface area contributed by atoms with Crippen LogP contribution >= 0.6 is 11.8 Å². The van der Waals surface area contributed by atoms with Crippen molar-refractivity contribution in [3.63, 3.8) is 0 Å². The van der Waals surface area contributed by atoms with E-state index in [4.69, 9.17) is 0 Å². The molecule has 5 nitrogen and oxygen atoms in total. The molecular formula is C21H22N4OS. The summed E-state index contributed by atoms with van der Waals surface area (Å²) < 4.78 is 0. The first-order valence-corrected chi connectivity index (χ1v) is 9.79. The van der Waals surface area contributed by atoms with Gasteiger partial charge in [-0.25, -0.2) is 4.98 Å². The van der Waals surface area contributed by atoms with Crippen LogP contribution in [-0.2, 0) is 11.2 Å². The first-order chi connectivity index (χ1) is 13.2. The fourth-order valence-electron chi connectivity index (χ4n) is 2.54. The number of carbonyl (C=O) groups excluding carboxylic acids is 1. The van der Waals surface area contributed by atoms with E-state index in [2.05, 4.69) is 39.6 Å². The van der Waals surface area contributed by atoms with Gasteiger partial charge in [-0.2, -0.15) is 0 Å². The second-order valence-corrected chi connectivity index (χ2v) is 7.00. The van der Waals surface area contributed by atoms with Crippen LogP contribution in [0.3, 0.4) is 0 Å². The Morgan fingerprint density at radius 1 is 1.11 bits per heavy atom. The molecule has 6 heteroatoms. The van der Waals surface area contributed by atoms with Crippen molar-refractivity contribution in [1.29, 1.82) is 0 Å². The van der Waals surface area contributed by atoms with Crippen LogP contribution in [0.5, 0.6) is 0 Å². The average molecular weight is 379 g/mol. The van der Waals surface area contributed by atoms with Crippen LogP contribution in [0.15, 0.2) is 59.8 Å². The first-order valence-electron chi connectivity index (χ1n) is 8.80. The topological polar surface area (TPSA) is 70.7 Å². The molecule has 2 N–H and O–H groups in total. The third-order valence-electron chi connectivity index (χ3n) is 4.03. The van der Waals surface area contributed by atoms with Gasteiger partial charge in [0.25, 0.3) is 0 Å². The van der Waals surface area contributed by atoms with Crippen molar-refractivity contribution in [1.82, 2.24) is 20.5 Å². The summed E-state index contributed by atoms with van der Waals surface area (Å²) in [7, 11) is 0. The standard InChI is InChI=1S/C21H22N4OS/c1-16-7-5-6-10-18(16)13-14-22-20(26)15-27-21-23-19(24-25-21)12-11-17-8-3-2-4-9-17/h2-12H,13-15H2,1H3,(H,22,26)(H,23,24,25)/b12-11+. The van der Waals surface area contributed by atoms with Crippen LogP contribution in [0.1, 0.15) is 22.5 Å². The molecule has 0 saturated carbocycles. The Labute approximate surface area is 163 Å². The summed E-state index contributed by atoms with van der Waals surface area (Å²) in [6, 6.07) is 18.2. The van der Waals surface area contributed by atoms with Crippen LogP contribution in [0.25, 0.3) is 12.2 Å². The number of amides is 1. The van der Waals surface area contributed by atoms with E-state index in [1.54, 1.807) is 0 Å². The second-order valence-electron chi connectivity index (χ2n) is 6.06. The van der Waals surface area contributed by atoms with E-state index < -0.39 is 0 Å². The minimum absolute atomic E-state index is 0.0141. The zero-order valence-corrected chi connectivity index (χ0v) is 16.0.